The molecule has 3 unspecified atom stereocenters. The Kier molecular flexibility index (Phi) is 5.16. The number of hydrogen-bond acceptors (Lipinski definition) is 4. The van der Waals surface area contributed by atoms with E-state index in [-0.39, 0.29) is 18.6 Å². The summed E-state index contributed by atoms with van der Waals surface area (Å²) in [5.41, 5.74) is 0. The van der Waals surface area contributed by atoms with Crippen LogP contribution in [0.15, 0.2) is 0 Å². The van der Waals surface area contributed by atoms with E-state index in [2.05, 4.69) is 6.92 Å². The molecule has 2 aliphatic heterocycles. The van der Waals surface area contributed by atoms with Crippen molar-refractivity contribution in [3.63, 3.8) is 0 Å². The fourth-order valence-electron chi connectivity index (χ4n) is 2.76. The average molecular weight is 308 g/mol. The van der Waals surface area contributed by atoms with Crippen molar-refractivity contribution in [2.45, 2.75) is 38.0 Å². The van der Waals surface area contributed by atoms with Crippen LogP contribution in [0.25, 0.3) is 0 Å². The lowest BCUT2D eigenvalue weighted by molar-refractivity contribution is 0.158. The van der Waals surface area contributed by atoms with Gasteiger partial charge in [0.2, 0.25) is 0 Å². The van der Waals surface area contributed by atoms with Crippen LogP contribution in [0.2, 0.25) is 0 Å². The molecular weight excluding hydrogens is 284 g/mol. The molecule has 0 spiro atoms. The van der Waals surface area contributed by atoms with Crippen molar-refractivity contribution in [1.82, 2.24) is 8.61 Å². The maximum Gasteiger partial charge on any atom is 0.282 e. The Morgan fingerprint density at radius 2 is 2.05 bits per heavy atom. The van der Waals surface area contributed by atoms with Crippen molar-refractivity contribution in [2.24, 2.45) is 5.92 Å². The van der Waals surface area contributed by atoms with Gasteiger partial charge in [-0.1, -0.05) is 6.92 Å². The topological polar surface area (TPSA) is 60.9 Å². The van der Waals surface area contributed by atoms with Gasteiger partial charge in [0.1, 0.15) is 0 Å². The molecule has 0 radical (unpaired) electrons. The lowest BCUT2D eigenvalue weighted by Crippen LogP contribution is -2.55. The third kappa shape index (κ3) is 3.26. The Morgan fingerprint density at radius 1 is 1.32 bits per heavy atom. The summed E-state index contributed by atoms with van der Waals surface area (Å²) in [6.45, 7) is 5.80. The third-order valence-corrected chi connectivity index (χ3v) is 7.62. The molecule has 0 aromatic carbocycles. The molecule has 0 aliphatic carbocycles. The second kappa shape index (κ2) is 6.30. The molecule has 0 amide bonds. The molecular formula is C12H24N2O3S2. The molecule has 5 nitrogen and oxygen atoms in total. The monoisotopic (exact) mass is 308 g/mol. The number of hydrogen-bond donors (Lipinski definition) is 1. The molecule has 112 valence electrons. The van der Waals surface area contributed by atoms with Gasteiger partial charge >= 0.3 is 0 Å². The molecule has 2 heterocycles. The summed E-state index contributed by atoms with van der Waals surface area (Å²) in [6, 6.07) is 0.0400. The third-order valence-electron chi connectivity index (χ3n) is 4.19. The highest BCUT2D eigenvalue weighted by molar-refractivity contribution is 8.00. The first-order valence-corrected chi connectivity index (χ1v) is 9.40. The summed E-state index contributed by atoms with van der Waals surface area (Å²) in [4.78, 5) is 0. The molecule has 0 saturated carbocycles. The van der Waals surface area contributed by atoms with E-state index in [1.54, 1.807) is 8.61 Å². The molecule has 0 aromatic rings. The molecule has 3 atom stereocenters. The smallest absolute Gasteiger partial charge is 0.282 e. The summed E-state index contributed by atoms with van der Waals surface area (Å²) in [5, 5.41) is 9.58. The van der Waals surface area contributed by atoms with Crippen LogP contribution in [-0.2, 0) is 10.2 Å². The van der Waals surface area contributed by atoms with Gasteiger partial charge in [-0.05, 0) is 25.7 Å². The summed E-state index contributed by atoms with van der Waals surface area (Å²) in [6.07, 6.45) is 1.77. The van der Waals surface area contributed by atoms with E-state index >= 15 is 0 Å². The Labute approximate surface area is 120 Å². The summed E-state index contributed by atoms with van der Waals surface area (Å²) < 4.78 is 28.7. The van der Waals surface area contributed by atoms with Crippen LogP contribution in [0.3, 0.4) is 0 Å². The second-order valence-electron chi connectivity index (χ2n) is 5.48. The van der Waals surface area contributed by atoms with Crippen LogP contribution in [0, 0.1) is 5.92 Å². The van der Waals surface area contributed by atoms with E-state index in [0.29, 0.717) is 24.9 Å². The highest BCUT2D eigenvalue weighted by Crippen LogP contribution is 2.29. The van der Waals surface area contributed by atoms with Crippen LogP contribution in [0.5, 0.6) is 0 Å². The normalized spacial score (nSPS) is 35.4. The van der Waals surface area contributed by atoms with Gasteiger partial charge in [-0.15, -0.1) is 0 Å². The highest BCUT2D eigenvalue weighted by Gasteiger charge is 2.39. The van der Waals surface area contributed by atoms with Crippen LogP contribution >= 0.6 is 11.8 Å². The molecule has 7 heteroatoms. The SMILES string of the molecule is CC1SCCN(S(=O)(=O)N2CCCC(CO)C2)C1C. The number of aliphatic hydroxyl groups excluding tert-OH is 1. The zero-order valence-corrected chi connectivity index (χ0v) is 13.3. The van der Waals surface area contributed by atoms with Gasteiger partial charge in [0.25, 0.3) is 10.2 Å². The van der Waals surface area contributed by atoms with Crippen molar-refractivity contribution in [3.8, 4) is 0 Å². The lowest BCUT2D eigenvalue weighted by Gasteiger charge is -2.41. The molecule has 2 saturated heterocycles. The predicted molar refractivity (Wildman–Crippen MR) is 78.4 cm³/mol. The lowest BCUT2D eigenvalue weighted by atomic mass is 10.0. The van der Waals surface area contributed by atoms with Gasteiger partial charge in [0.05, 0.1) is 0 Å². The highest BCUT2D eigenvalue weighted by atomic mass is 32.2. The minimum Gasteiger partial charge on any atom is -0.396 e. The van der Waals surface area contributed by atoms with Crippen molar-refractivity contribution >= 4 is 22.0 Å². The van der Waals surface area contributed by atoms with E-state index in [1.165, 1.54) is 0 Å². The Hall–Kier alpha value is 0.180. The van der Waals surface area contributed by atoms with Gasteiger partial charge in [-0.25, -0.2) is 0 Å². The van der Waals surface area contributed by atoms with E-state index in [4.69, 9.17) is 0 Å². The van der Waals surface area contributed by atoms with E-state index in [9.17, 15) is 13.5 Å². The Balaban J connectivity index is 2.12. The van der Waals surface area contributed by atoms with E-state index < -0.39 is 10.2 Å². The number of rotatable bonds is 3. The Morgan fingerprint density at radius 3 is 2.74 bits per heavy atom. The average Bonchev–Trinajstić information content (AvgIpc) is 2.41. The Bertz CT molecular complexity index is 402. The predicted octanol–water partition coefficient (Wildman–Crippen LogP) is 0.761. The molecule has 0 aromatic heterocycles. The fraction of sp³-hybridized carbons (Fsp3) is 1.00. The van der Waals surface area contributed by atoms with Crippen LogP contribution < -0.4 is 0 Å². The minimum absolute atomic E-state index is 0.0400. The summed E-state index contributed by atoms with van der Waals surface area (Å²) >= 11 is 1.83. The quantitative estimate of drug-likeness (QED) is 0.836. The summed E-state index contributed by atoms with van der Waals surface area (Å²) in [7, 11) is -3.37. The first kappa shape index (κ1) is 15.6. The summed E-state index contributed by atoms with van der Waals surface area (Å²) in [5.74, 6) is 0.956. The van der Waals surface area contributed by atoms with E-state index in [0.717, 1.165) is 18.6 Å². The molecule has 1 N–H and O–H groups in total. The van der Waals surface area contributed by atoms with E-state index in [1.807, 2.05) is 18.7 Å². The maximum atomic E-state index is 12.7. The molecule has 0 bridgehead atoms. The molecule has 19 heavy (non-hydrogen) atoms. The maximum absolute atomic E-state index is 12.7. The molecule has 2 fully saturated rings. The number of aliphatic hydroxyl groups is 1. The van der Waals surface area contributed by atoms with Crippen LogP contribution in [0.4, 0.5) is 0 Å². The largest absolute Gasteiger partial charge is 0.396 e. The van der Waals surface area contributed by atoms with Gasteiger partial charge in [0, 0.05) is 43.3 Å². The first-order chi connectivity index (χ1) is 8.96. The number of thioether (sulfide) groups is 1. The van der Waals surface area contributed by atoms with Crippen molar-refractivity contribution in [1.29, 1.82) is 0 Å². The minimum atomic E-state index is -3.37. The number of nitrogens with zero attached hydrogens (tertiary/aromatic N) is 2. The van der Waals surface area contributed by atoms with Crippen LogP contribution in [-0.4, -0.2) is 65.4 Å². The van der Waals surface area contributed by atoms with Gasteiger partial charge < -0.3 is 5.11 Å². The van der Waals surface area contributed by atoms with Crippen molar-refractivity contribution < 1.29 is 13.5 Å². The fourth-order valence-corrected chi connectivity index (χ4v) is 6.04. The zero-order valence-electron chi connectivity index (χ0n) is 11.7. The number of piperidine rings is 1. The molecule has 2 aliphatic rings. The molecule has 2 rings (SSSR count). The standard InChI is InChI=1S/C12H24N2O3S2/c1-10-11(2)18-7-6-14(10)19(16,17)13-5-3-4-12(8-13)9-15/h10-12,15H,3-9H2,1-2H3. The second-order valence-corrected chi connectivity index (χ2v) is 8.85. The van der Waals surface area contributed by atoms with Gasteiger partial charge in [-0.3, -0.25) is 0 Å². The van der Waals surface area contributed by atoms with Gasteiger partial charge in [-0.2, -0.15) is 28.8 Å². The van der Waals surface area contributed by atoms with Crippen molar-refractivity contribution in [3.05, 3.63) is 0 Å². The van der Waals surface area contributed by atoms with Crippen molar-refractivity contribution in [2.75, 3.05) is 32.0 Å². The first-order valence-electron chi connectivity index (χ1n) is 6.96. The van der Waals surface area contributed by atoms with Crippen LogP contribution in [0.1, 0.15) is 26.7 Å². The van der Waals surface area contributed by atoms with Gasteiger partial charge in [0.15, 0.2) is 0 Å². The zero-order chi connectivity index (χ0) is 14.0.